The topological polar surface area (TPSA) is 29.5 Å². The number of phenolic OH excluding ortho intramolecular Hbond substituents is 1. The van der Waals surface area contributed by atoms with Crippen LogP contribution in [-0.2, 0) is 0 Å². The first kappa shape index (κ1) is 16.3. The highest BCUT2D eigenvalue weighted by Crippen LogP contribution is 2.30. The van der Waals surface area contributed by atoms with Crippen molar-refractivity contribution >= 4 is 0 Å². The van der Waals surface area contributed by atoms with Crippen molar-refractivity contribution in [1.82, 2.24) is 0 Å². The molecule has 0 amide bonds. The van der Waals surface area contributed by atoms with E-state index in [4.69, 9.17) is 4.74 Å². The van der Waals surface area contributed by atoms with Crippen LogP contribution in [0.1, 0.15) is 32.6 Å². The second kappa shape index (κ2) is 7.78. The summed E-state index contributed by atoms with van der Waals surface area (Å²) in [4.78, 5) is 0. The van der Waals surface area contributed by atoms with Crippen molar-refractivity contribution in [2.45, 2.75) is 32.6 Å². The lowest BCUT2D eigenvalue weighted by Crippen LogP contribution is -2.02. The number of hydrogen-bond acceptors (Lipinski definition) is 2. The van der Waals surface area contributed by atoms with E-state index >= 15 is 0 Å². The van der Waals surface area contributed by atoms with E-state index in [1.807, 2.05) is 0 Å². The van der Waals surface area contributed by atoms with Gasteiger partial charge in [-0.1, -0.05) is 38.3 Å². The zero-order valence-corrected chi connectivity index (χ0v) is 12.6. The minimum absolute atomic E-state index is 0.108. The molecule has 118 valence electrons. The molecule has 0 aliphatic rings. The van der Waals surface area contributed by atoms with Gasteiger partial charge in [0, 0.05) is 0 Å². The van der Waals surface area contributed by atoms with Gasteiger partial charge in [-0.15, -0.1) is 0 Å². The summed E-state index contributed by atoms with van der Waals surface area (Å²) >= 11 is 0. The molecule has 0 radical (unpaired) electrons. The summed E-state index contributed by atoms with van der Waals surface area (Å²) in [5.74, 6) is -1.63. The molecular weight excluding hydrogens is 286 g/mol. The second-order valence-corrected chi connectivity index (χ2v) is 5.23. The van der Waals surface area contributed by atoms with E-state index < -0.39 is 11.6 Å². The molecule has 2 aromatic carbocycles. The number of unbranched alkanes of at least 4 members (excludes halogenated alkanes) is 3. The van der Waals surface area contributed by atoms with Crippen LogP contribution in [0.3, 0.4) is 0 Å². The molecule has 0 saturated heterocycles. The van der Waals surface area contributed by atoms with Crippen LogP contribution in [0.25, 0.3) is 11.1 Å². The van der Waals surface area contributed by atoms with Gasteiger partial charge < -0.3 is 9.84 Å². The predicted molar refractivity (Wildman–Crippen MR) is 83.1 cm³/mol. The zero-order chi connectivity index (χ0) is 15.9. The van der Waals surface area contributed by atoms with Crippen molar-refractivity contribution in [3.8, 4) is 22.6 Å². The normalized spacial score (nSPS) is 10.7. The van der Waals surface area contributed by atoms with Gasteiger partial charge in [-0.05, 0) is 41.8 Å². The summed E-state index contributed by atoms with van der Waals surface area (Å²) < 4.78 is 33.3. The van der Waals surface area contributed by atoms with Crippen LogP contribution < -0.4 is 4.74 Å². The van der Waals surface area contributed by atoms with E-state index in [9.17, 15) is 13.9 Å². The van der Waals surface area contributed by atoms with Gasteiger partial charge in [-0.3, -0.25) is 0 Å². The van der Waals surface area contributed by atoms with Crippen molar-refractivity contribution < 1.29 is 18.6 Å². The third-order valence-corrected chi connectivity index (χ3v) is 3.44. The monoisotopic (exact) mass is 306 g/mol. The minimum atomic E-state index is -0.710. The Bertz CT molecular complexity index is 586. The lowest BCUT2D eigenvalue weighted by Gasteiger charge is -2.10. The molecule has 0 aromatic heterocycles. The highest BCUT2D eigenvalue weighted by Gasteiger charge is 2.13. The molecule has 0 aliphatic heterocycles. The summed E-state index contributed by atoms with van der Waals surface area (Å²) in [6.07, 6.45) is 3.97. The zero-order valence-electron chi connectivity index (χ0n) is 12.6. The van der Waals surface area contributed by atoms with E-state index in [1.165, 1.54) is 24.3 Å². The van der Waals surface area contributed by atoms with E-state index in [1.54, 1.807) is 12.1 Å². The first-order valence-electron chi connectivity index (χ1n) is 7.53. The van der Waals surface area contributed by atoms with Crippen LogP contribution >= 0.6 is 0 Å². The van der Waals surface area contributed by atoms with Gasteiger partial charge in [-0.2, -0.15) is 0 Å². The fourth-order valence-corrected chi connectivity index (χ4v) is 2.22. The van der Waals surface area contributed by atoms with Gasteiger partial charge in [-0.25, -0.2) is 8.78 Å². The van der Waals surface area contributed by atoms with Crippen LogP contribution in [0.4, 0.5) is 8.78 Å². The Labute approximate surface area is 129 Å². The van der Waals surface area contributed by atoms with E-state index in [-0.39, 0.29) is 11.5 Å². The first-order valence-corrected chi connectivity index (χ1v) is 7.53. The Morgan fingerprint density at radius 2 is 1.55 bits per heavy atom. The molecule has 2 nitrogen and oxygen atoms in total. The fourth-order valence-electron chi connectivity index (χ4n) is 2.22. The van der Waals surface area contributed by atoms with Gasteiger partial charge in [0.2, 0.25) is 0 Å². The lowest BCUT2D eigenvalue weighted by atomic mass is 10.0. The number of hydrogen-bond donors (Lipinski definition) is 1. The molecule has 2 aromatic rings. The summed E-state index contributed by atoms with van der Waals surface area (Å²) in [6, 6.07) is 8.66. The first-order chi connectivity index (χ1) is 10.6. The number of benzene rings is 2. The van der Waals surface area contributed by atoms with Crippen LogP contribution in [0.5, 0.6) is 11.5 Å². The molecule has 0 fully saturated rings. The van der Waals surface area contributed by atoms with Gasteiger partial charge in [0.05, 0.1) is 6.61 Å². The predicted octanol–water partition coefficient (Wildman–Crippen LogP) is 5.30. The fraction of sp³-hybridized carbons (Fsp3) is 0.333. The Hall–Kier alpha value is -2.10. The number of aromatic hydroxyl groups is 1. The SMILES string of the molecule is CCCCCCOc1c(F)cc(-c2ccc(O)cc2)cc1F. The summed E-state index contributed by atoms with van der Waals surface area (Å²) in [7, 11) is 0. The molecule has 2 rings (SSSR count). The lowest BCUT2D eigenvalue weighted by molar-refractivity contribution is 0.275. The largest absolute Gasteiger partial charge is 0.508 e. The molecule has 1 N–H and O–H groups in total. The highest BCUT2D eigenvalue weighted by molar-refractivity contribution is 5.65. The van der Waals surface area contributed by atoms with E-state index in [2.05, 4.69) is 6.92 Å². The van der Waals surface area contributed by atoms with Crippen LogP contribution in [0, 0.1) is 11.6 Å². The maximum absolute atomic E-state index is 14.0. The smallest absolute Gasteiger partial charge is 0.190 e. The Balaban J connectivity index is 2.09. The molecule has 0 spiro atoms. The second-order valence-electron chi connectivity index (χ2n) is 5.23. The summed E-state index contributed by atoms with van der Waals surface area (Å²) in [5.41, 5.74) is 1.04. The van der Waals surface area contributed by atoms with Gasteiger partial charge >= 0.3 is 0 Å². The molecule has 0 heterocycles. The Morgan fingerprint density at radius 3 is 2.14 bits per heavy atom. The highest BCUT2D eigenvalue weighted by atomic mass is 19.1. The van der Waals surface area contributed by atoms with Crippen molar-refractivity contribution in [1.29, 1.82) is 0 Å². The quantitative estimate of drug-likeness (QED) is 0.704. The average molecular weight is 306 g/mol. The molecule has 22 heavy (non-hydrogen) atoms. The molecule has 0 bridgehead atoms. The van der Waals surface area contributed by atoms with Crippen molar-refractivity contribution in [2.75, 3.05) is 6.61 Å². The number of rotatable bonds is 7. The Kier molecular flexibility index (Phi) is 5.75. The molecule has 4 heteroatoms. The number of halogens is 2. The van der Waals surface area contributed by atoms with Crippen molar-refractivity contribution in [2.24, 2.45) is 0 Å². The maximum atomic E-state index is 14.0. The Morgan fingerprint density at radius 1 is 0.909 bits per heavy atom. The standard InChI is InChI=1S/C18H20F2O2/c1-2-3-4-5-10-22-18-16(19)11-14(12-17(18)20)13-6-8-15(21)9-7-13/h6-9,11-12,21H,2-5,10H2,1H3. The van der Waals surface area contributed by atoms with Crippen molar-refractivity contribution in [3.05, 3.63) is 48.0 Å². The average Bonchev–Trinajstić information content (AvgIpc) is 2.50. The molecule has 0 unspecified atom stereocenters. The van der Waals surface area contributed by atoms with E-state index in [0.717, 1.165) is 25.7 Å². The van der Waals surface area contributed by atoms with E-state index in [0.29, 0.717) is 17.7 Å². The maximum Gasteiger partial charge on any atom is 0.190 e. The van der Waals surface area contributed by atoms with Gasteiger partial charge in [0.15, 0.2) is 17.4 Å². The van der Waals surface area contributed by atoms with Crippen LogP contribution in [-0.4, -0.2) is 11.7 Å². The molecule has 0 saturated carbocycles. The molecular formula is C18H20F2O2. The molecule has 0 atom stereocenters. The minimum Gasteiger partial charge on any atom is -0.508 e. The third kappa shape index (κ3) is 4.20. The van der Waals surface area contributed by atoms with Gasteiger partial charge in [0.1, 0.15) is 5.75 Å². The van der Waals surface area contributed by atoms with Crippen molar-refractivity contribution in [3.63, 3.8) is 0 Å². The van der Waals surface area contributed by atoms with Crippen LogP contribution in [0.15, 0.2) is 36.4 Å². The number of phenols is 1. The molecule has 0 aliphatic carbocycles. The summed E-state index contributed by atoms with van der Waals surface area (Å²) in [5, 5.41) is 9.25. The third-order valence-electron chi connectivity index (χ3n) is 3.44. The van der Waals surface area contributed by atoms with Gasteiger partial charge in [0.25, 0.3) is 0 Å². The summed E-state index contributed by atoms with van der Waals surface area (Å²) in [6.45, 7) is 2.41. The van der Waals surface area contributed by atoms with Crippen LogP contribution in [0.2, 0.25) is 0 Å². The number of ether oxygens (including phenoxy) is 1.